The SMILES string of the molecule is Cc1c(Cl)cccc1C1OC2(C(=O)c3ccccc3C2=O)C2C(=O)N(c3ccccc3)C(=O)C12. The highest BCUT2D eigenvalue weighted by Gasteiger charge is 2.74. The number of carbonyl (C=O) groups is 4. The Kier molecular flexibility index (Phi) is 4.43. The second kappa shape index (κ2) is 7.19. The Labute approximate surface area is 200 Å². The molecule has 168 valence electrons. The zero-order valence-electron chi connectivity index (χ0n) is 18.0. The summed E-state index contributed by atoms with van der Waals surface area (Å²) in [5, 5.41) is 0.461. The number of amides is 2. The molecular formula is C27H18ClNO5. The van der Waals surface area contributed by atoms with E-state index in [0.717, 1.165) is 4.90 Å². The van der Waals surface area contributed by atoms with Crippen LogP contribution >= 0.6 is 11.6 Å². The molecule has 0 bridgehead atoms. The zero-order valence-corrected chi connectivity index (χ0v) is 18.8. The fourth-order valence-corrected chi connectivity index (χ4v) is 5.75. The number of ether oxygens (including phenoxy) is 1. The zero-order chi connectivity index (χ0) is 23.8. The average molecular weight is 472 g/mol. The number of hydrogen-bond acceptors (Lipinski definition) is 5. The first-order chi connectivity index (χ1) is 16.4. The summed E-state index contributed by atoms with van der Waals surface area (Å²) in [5.74, 6) is -4.61. The standard InChI is InChI=1S/C27H18ClNO5/c1-14-16(12-7-13-19(14)28)22-20-21(26(33)29(25(20)32)15-8-3-2-4-9-15)27(34-22)23(30)17-10-5-6-11-18(17)24(27)31/h2-13,20-22H,1H3. The summed E-state index contributed by atoms with van der Waals surface area (Å²) in [7, 11) is 0. The van der Waals surface area contributed by atoms with Gasteiger partial charge in [0, 0.05) is 16.1 Å². The Balaban J connectivity index is 1.58. The summed E-state index contributed by atoms with van der Waals surface area (Å²) in [4.78, 5) is 56.2. The van der Waals surface area contributed by atoms with E-state index in [1.165, 1.54) is 0 Å². The van der Waals surface area contributed by atoms with E-state index in [0.29, 0.717) is 21.8 Å². The van der Waals surface area contributed by atoms with Gasteiger partial charge in [-0.2, -0.15) is 0 Å². The molecule has 3 aromatic rings. The topological polar surface area (TPSA) is 80.8 Å². The van der Waals surface area contributed by atoms with Crippen LogP contribution in [-0.2, 0) is 14.3 Å². The average Bonchev–Trinajstić information content (AvgIpc) is 3.41. The number of para-hydroxylation sites is 1. The Morgan fingerprint density at radius 2 is 1.41 bits per heavy atom. The van der Waals surface area contributed by atoms with Crippen LogP contribution in [0, 0.1) is 18.8 Å². The molecule has 2 aliphatic heterocycles. The minimum atomic E-state index is -2.09. The van der Waals surface area contributed by atoms with Crippen LogP contribution in [0.1, 0.15) is 37.9 Å². The fourth-order valence-electron chi connectivity index (χ4n) is 5.56. The Bertz CT molecular complexity index is 1380. The van der Waals surface area contributed by atoms with Crippen molar-refractivity contribution >= 4 is 40.7 Å². The lowest BCUT2D eigenvalue weighted by molar-refractivity contribution is -0.127. The maximum atomic E-state index is 13.8. The van der Waals surface area contributed by atoms with Crippen molar-refractivity contribution < 1.29 is 23.9 Å². The number of anilines is 1. The summed E-state index contributed by atoms with van der Waals surface area (Å²) in [6, 6.07) is 20.1. The van der Waals surface area contributed by atoms with E-state index in [1.54, 1.807) is 79.7 Å². The van der Waals surface area contributed by atoms with E-state index in [9.17, 15) is 19.2 Å². The van der Waals surface area contributed by atoms with Crippen LogP contribution in [0.4, 0.5) is 5.69 Å². The van der Waals surface area contributed by atoms with Crippen LogP contribution in [0.5, 0.6) is 0 Å². The molecule has 3 aromatic carbocycles. The normalized spacial score (nSPS) is 24.8. The maximum Gasteiger partial charge on any atom is 0.241 e. The van der Waals surface area contributed by atoms with Crippen LogP contribution in [-0.4, -0.2) is 29.0 Å². The van der Waals surface area contributed by atoms with Crippen LogP contribution in [0.15, 0.2) is 72.8 Å². The summed E-state index contributed by atoms with van der Waals surface area (Å²) in [6.45, 7) is 1.78. The first kappa shape index (κ1) is 21.0. The lowest BCUT2D eigenvalue weighted by atomic mass is 9.77. The molecule has 0 N–H and O–H groups in total. The smallest absolute Gasteiger partial charge is 0.241 e. The van der Waals surface area contributed by atoms with Crippen molar-refractivity contribution in [3.63, 3.8) is 0 Å². The molecule has 6 nitrogen and oxygen atoms in total. The predicted molar refractivity (Wildman–Crippen MR) is 124 cm³/mol. The third-order valence-corrected chi connectivity index (χ3v) is 7.56. The quantitative estimate of drug-likeness (QED) is 0.410. The van der Waals surface area contributed by atoms with Crippen molar-refractivity contribution in [1.82, 2.24) is 0 Å². The van der Waals surface area contributed by atoms with Crippen molar-refractivity contribution in [3.05, 3.63) is 100 Å². The van der Waals surface area contributed by atoms with Gasteiger partial charge in [-0.3, -0.25) is 19.2 Å². The molecule has 34 heavy (non-hydrogen) atoms. The van der Waals surface area contributed by atoms with Crippen molar-refractivity contribution in [2.24, 2.45) is 11.8 Å². The molecular weight excluding hydrogens is 454 g/mol. The number of Topliss-reactive ketones (excluding diaryl/α,β-unsaturated/α-hetero) is 2. The second-order valence-electron chi connectivity index (χ2n) is 8.78. The Morgan fingerprint density at radius 3 is 2.06 bits per heavy atom. The summed E-state index contributed by atoms with van der Waals surface area (Å²) >= 11 is 6.35. The molecule has 7 heteroatoms. The number of ketones is 2. The van der Waals surface area contributed by atoms with Crippen LogP contribution < -0.4 is 4.90 Å². The molecule has 2 saturated heterocycles. The van der Waals surface area contributed by atoms with Gasteiger partial charge in [0.25, 0.3) is 0 Å². The van der Waals surface area contributed by atoms with E-state index in [4.69, 9.17) is 16.3 Å². The van der Waals surface area contributed by atoms with Crippen LogP contribution in [0.3, 0.4) is 0 Å². The number of nitrogens with zero attached hydrogens (tertiary/aromatic N) is 1. The van der Waals surface area contributed by atoms with Gasteiger partial charge in [0.2, 0.25) is 29.0 Å². The maximum absolute atomic E-state index is 13.8. The van der Waals surface area contributed by atoms with Gasteiger partial charge in [-0.05, 0) is 36.2 Å². The predicted octanol–water partition coefficient (Wildman–Crippen LogP) is 4.34. The molecule has 0 aromatic heterocycles. The first-order valence-electron chi connectivity index (χ1n) is 10.9. The lowest BCUT2D eigenvalue weighted by Crippen LogP contribution is -2.51. The number of rotatable bonds is 2. The van der Waals surface area contributed by atoms with Gasteiger partial charge < -0.3 is 4.74 Å². The third-order valence-electron chi connectivity index (χ3n) is 7.15. The lowest BCUT2D eigenvalue weighted by Gasteiger charge is -2.27. The number of halogens is 1. The van der Waals surface area contributed by atoms with Gasteiger partial charge in [0.15, 0.2) is 0 Å². The minimum Gasteiger partial charge on any atom is -0.349 e. The molecule has 3 aliphatic rings. The van der Waals surface area contributed by atoms with E-state index in [-0.39, 0.29) is 11.1 Å². The molecule has 3 atom stereocenters. The highest BCUT2D eigenvalue weighted by atomic mass is 35.5. The van der Waals surface area contributed by atoms with Gasteiger partial charge in [0.1, 0.15) is 0 Å². The monoisotopic (exact) mass is 471 g/mol. The highest BCUT2D eigenvalue weighted by Crippen LogP contribution is 2.58. The van der Waals surface area contributed by atoms with Crippen molar-refractivity contribution in [2.75, 3.05) is 4.90 Å². The number of benzene rings is 3. The second-order valence-corrected chi connectivity index (χ2v) is 9.19. The minimum absolute atomic E-state index is 0.202. The van der Waals surface area contributed by atoms with E-state index in [1.807, 2.05) is 0 Å². The third kappa shape index (κ3) is 2.50. The van der Waals surface area contributed by atoms with Gasteiger partial charge in [-0.15, -0.1) is 0 Å². The van der Waals surface area contributed by atoms with Crippen LogP contribution in [0.2, 0.25) is 5.02 Å². The fraction of sp³-hybridized carbons (Fsp3) is 0.185. The summed E-state index contributed by atoms with van der Waals surface area (Å²) in [6.07, 6.45) is -0.990. The molecule has 2 fully saturated rings. The molecule has 0 radical (unpaired) electrons. The molecule has 3 unspecified atom stereocenters. The number of imide groups is 1. The van der Waals surface area contributed by atoms with E-state index < -0.39 is 46.9 Å². The van der Waals surface area contributed by atoms with Crippen molar-refractivity contribution in [3.8, 4) is 0 Å². The molecule has 2 heterocycles. The summed E-state index contributed by atoms with van der Waals surface area (Å²) in [5.41, 5.74) is -0.0598. The molecule has 0 saturated carbocycles. The molecule has 1 aliphatic carbocycles. The highest BCUT2D eigenvalue weighted by molar-refractivity contribution is 6.37. The van der Waals surface area contributed by atoms with Crippen molar-refractivity contribution in [2.45, 2.75) is 18.6 Å². The van der Waals surface area contributed by atoms with Gasteiger partial charge in [-0.1, -0.05) is 66.2 Å². The van der Waals surface area contributed by atoms with Gasteiger partial charge >= 0.3 is 0 Å². The number of fused-ring (bicyclic) bond motifs is 3. The molecule has 2 amide bonds. The molecule has 1 spiro atoms. The van der Waals surface area contributed by atoms with E-state index in [2.05, 4.69) is 0 Å². The largest absolute Gasteiger partial charge is 0.349 e. The summed E-state index contributed by atoms with van der Waals surface area (Å²) < 4.78 is 6.30. The number of carbonyl (C=O) groups excluding carboxylic acids is 4. The van der Waals surface area contributed by atoms with Crippen LogP contribution in [0.25, 0.3) is 0 Å². The molecule has 6 rings (SSSR count). The Morgan fingerprint density at radius 1 is 0.794 bits per heavy atom. The van der Waals surface area contributed by atoms with E-state index >= 15 is 0 Å². The van der Waals surface area contributed by atoms with Crippen molar-refractivity contribution in [1.29, 1.82) is 0 Å². The van der Waals surface area contributed by atoms with Gasteiger partial charge in [-0.25, -0.2) is 4.90 Å². The van der Waals surface area contributed by atoms with Gasteiger partial charge in [0.05, 0.1) is 23.6 Å². The number of hydrogen-bond donors (Lipinski definition) is 0. The first-order valence-corrected chi connectivity index (χ1v) is 11.3. The Hall–Kier alpha value is -3.61.